The van der Waals surface area contributed by atoms with Crippen molar-refractivity contribution in [2.45, 2.75) is 83.8 Å². The van der Waals surface area contributed by atoms with Gasteiger partial charge in [-0.1, -0.05) is 6.92 Å². The minimum atomic E-state index is -2.61. The third-order valence-electron chi connectivity index (χ3n) is 4.16. The number of ether oxygens (including phenoxy) is 1. The van der Waals surface area contributed by atoms with Crippen LogP contribution >= 0.6 is 0 Å². The number of halogens is 2. The van der Waals surface area contributed by atoms with Crippen molar-refractivity contribution in [3.05, 3.63) is 0 Å². The molecular weight excluding hydrogens is 304 g/mol. The number of carbonyl (C=O) groups excluding carboxylic acids is 1. The largest absolute Gasteiger partial charge is 0.444 e. The fraction of sp³-hybridized carbons (Fsp3) is 0.941. The second-order valence-electron chi connectivity index (χ2n) is 7.69. The maximum Gasteiger partial charge on any atom is 0.410 e. The minimum absolute atomic E-state index is 0.113. The van der Waals surface area contributed by atoms with Crippen molar-refractivity contribution in [3.8, 4) is 0 Å². The van der Waals surface area contributed by atoms with E-state index in [0.717, 1.165) is 12.8 Å². The number of nitrogens with zero attached hydrogens (tertiary/aromatic N) is 1. The number of hydrogen-bond acceptors (Lipinski definition) is 3. The molecule has 0 aliphatic heterocycles. The van der Waals surface area contributed by atoms with Gasteiger partial charge in [-0.05, 0) is 52.4 Å². The topological polar surface area (TPSA) is 49.8 Å². The van der Waals surface area contributed by atoms with Crippen LogP contribution in [0.3, 0.4) is 0 Å². The van der Waals surface area contributed by atoms with Gasteiger partial charge >= 0.3 is 6.09 Å². The molecule has 1 aliphatic rings. The van der Waals surface area contributed by atoms with E-state index >= 15 is 0 Å². The van der Waals surface area contributed by atoms with E-state index < -0.39 is 17.6 Å². The van der Waals surface area contributed by atoms with Crippen molar-refractivity contribution in [1.82, 2.24) is 4.90 Å². The van der Waals surface area contributed by atoms with E-state index in [1.807, 2.05) is 6.92 Å². The summed E-state index contributed by atoms with van der Waals surface area (Å²) in [6.07, 6.45) is 1.36. The Kier molecular flexibility index (Phi) is 7.24. The highest BCUT2D eigenvalue weighted by molar-refractivity contribution is 5.68. The number of alkyl halides is 2. The van der Waals surface area contributed by atoms with Crippen molar-refractivity contribution in [2.75, 3.05) is 13.2 Å². The summed E-state index contributed by atoms with van der Waals surface area (Å²) in [5.41, 5.74) is -0.605. The molecule has 4 nitrogen and oxygen atoms in total. The molecular formula is C17H31F2NO3. The van der Waals surface area contributed by atoms with Gasteiger partial charge < -0.3 is 14.7 Å². The summed E-state index contributed by atoms with van der Waals surface area (Å²) in [5, 5.41) is 9.08. The van der Waals surface area contributed by atoms with Crippen LogP contribution in [-0.4, -0.2) is 46.8 Å². The van der Waals surface area contributed by atoms with E-state index in [1.54, 1.807) is 25.7 Å². The lowest BCUT2D eigenvalue weighted by Gasteiger charge is -2.37. The van der Waals surface area contributed by atoms with Crippen molar-refractivity contribution in [3.63, 3.8) is 0 Å². The van der Waals surface area contributed by atoms with Gasteiger partial charge in [-0.3, -0.25) is 0 Å². The Hall–Kier alpha value is -0.910. The molecule has 1 atom stereocenters. The van der Waals surface area contributed by atoms with E-state index in [1.165, 1.54) is 0 Å². The van der Waals surface area contributed by atoms with Gasteiger partial charge in [0.05, 0.1) is 0 Å². The molecule has 6 heteroatoms. The Morgan fingerprint density at radius 2 is 1.91 bits per heavy atom. The first kappa shape index (κ1) is 20.1. The zero-order valence-electron chi connectivity index (χ0n) is 14.8. The third kappa shape index (κ3) is 7.46. The lowest BCUT2D eigenvalue weighted by Crippen LogP contribution is -2.46. The Balaban J connectivity index is 2.66. The second-order valence-corrected chi connectivity index (χ2v) is 7.69. The maximum absolute atomic E-state index is 13.4. The predicted molar refractivity (Wildman–Crippen MR) is 85.6 cm³/mol. The molecule has 0 bridgehead atoms. The lowest BCUT2D eigenvalue weighted by atomic mass is 9.91. The van der Waals surface area contributed by atoms with Crippen molar-refractivity contribution in [2.24, 2.45) is 5.92 Å². The second kappa shape index (κ2) is 8.27. The highest BCUT2D eigenvalue weighted by atomic mass is 19.3. The summed E-state index contributed by atoms with van der Waals surface area (Å²) in [6.45, 7) is 7.93. The van der Waals surface area contributed by atoms with Crippen molar-refractivity contribution < 1.29 is 23.4 Å². The normalized spacial score (nSPS) is 20.1. The van der Waals surface area contributed by atoms with Gasteiger partial charge in [0.2, 0.25) is 5.92 Å². The van der Waals surface area contributed by atoms with Crippen LogP contribution in [0.25, 0.3) is 0 Å². The van der Waals surface area contributed by atoms with Crippen LogP contribution in [0.2, 0.25) is 0 Å². The first-order valence-electron chi connectivity index (χ1n) is 8.52. The van der Waals surface area contributed by atoms with E-state index in [4.69, 9.17) is 9.84 Å². The number of carbonyl (C=O) groups is 1. The highest BCUT2D eigenvalue weighted by Gasteiger charge is 2.39. The fourth-order valence-electron chi connectivity index (χ4n) is 2.78. The van der Waals surface area contributed by atoms with Gasteiger partial charge in [-0.15, -0.1) is 0 Å². The average Bonchev–Trinajstić information content (AvgIpc) is 2.42. The molecule has 1 aliphatic carbocycles. The molecule has 136 valence electrons. The fourth-order valence-corrected chi connectivity index (χ4v) is 2.78. The Bertz CT molecular complexity index is 373. The molecule has 23 heavy (non-hydrogen) atoms. The zero-order chi connectivity index (χ0) is 17.7. The molecule has 0 aromatic carbocycles. The molecule has 0 saturated heterocycles. The summed E-state index contributed by atoms with van der Waals surface area (Å²) < 4.78 is 32.1. The lowest BCUT2D eigenvalue weighted by molar-refractivity contribution is -0.0572. The van der Waals surface area contributed by atoms with Crippen LogP contribution in [0.4, 0.5) is 13.6 Å². The van der Waals surface area contributed by atoms with Crippen molar-refractivity contribution in [1.29, 1.82) is 0 Å². The molecule has 0 heterocycles. The number of hydrogen-bond donors (Lipinski definition) is 1. The van der Waals surface area contributed by atoms with Crippen molar-refractivity contribution >= 4 is 6.09 Å². The van der Waals surface area contributed by atoms with Crippen LogP contribution in [0.5, 0.6) is 0 Å². The van der Waals surface area contributed by atoms with Crippen LogP contribution in [0, 0.1) is 5.92 Å². The molecule has 0 radical (unpaired) electrons. The van der Waals surface area contributed by atoms with Gasteiger partial charge in [0, 0.05) is 32.0 Å². The molecule has 1 unspecified atom stereocenters. The summed E-state index contributed by atoms with van der Waals surface area (Å²) in [7, 11) is 0. The van der Waals surface area contributed by atoms with E-state index in [2.05, 4.69) is 0 Å². The third-order valence-corrected chi connectivity index (χ3v) is 4.16. The highest BCUT2D eigenvalue weighted by Crippen LogP contribution is 2.35. The smallest absolute Gasteiger partial charge is 0.410 e. The van der Waals surface area contributed by atoms with Crippen LogP contribution in [-0.2, 0) is 4.74 Å². The molecule has 1 fully saturated rings. The molecule has 1 saturated carbocycles. The zero-order valence-corrected chi connectivity index (χ0v) is 14.8. The molecule has 1 N–H and O–H groups in total. The summed E-state index contributed by atoms with van der Waals surface area (Å²) >= 11 is 0. The molecule has 1 rings (SSSR count). The van der Waals surface area contributed by atoms with Crippen LogP contribution in [0.15, 0.2) is 0 Å². The van der Waals surface area contributed by atoms with Gasteiger partial charge in [0.15, 0.2) is 0 Å². The summed E-state index contributed by atoms with van der Waals surface area (Å²) in [4.78, 5) is 14.0. The van der Waals surface area contributed by atoms with Gasteiger partial charge in [0.1, 0.15) is 5.60 Å². The number of aliphatic hydroxyl groups is 1. The molecule has 0 aromatic rings. The van der Waals surface area contributed by atoms with E-state index in [9.17, 15) is 13.6 Å². The standard InChI is InChI=1S/C17H31F2NO3/c1-13(12-21)6-5-11-20(15(22)23-16(2,3)4)14-7-9-17(18,19)10-8-14/h13-14,21H,5-12H2,1-4H3. The van der Waals surface area contributed by atoms with Gasteiger partial charge in [0.25, 0.3) is 0 Å². The minimum Gasteiger partial charge on any atom is -0.444 e. The Morgan fingerprint density at radius 3 is 2.39 bits per heavy atom. The Morgan fingerprint density at radius 1 is 1.35 bits per heavy atom. The van der Waals surface area contributed by atoms with Gasteiger partial charge in [-0.25, -0.2) is 13.6 Å². The predicted octanol–water partition coefficient (Wildman–Crippen LogP) is 4.21. The van der Waals surface area contributed by atoms with Crippen LogP contribution in [0.1, 0.15) is 66.2 Å². The first-order valence-corrected chi connectivity index (χ1v) is 8.52. The quantitative estimate of drug-likeness (QED) is 0.791. The molecule has 1 amide bonds. The molecule has 0 spiro atoms. The van der Waals surface area contributed by atoms with Crippen LogP contribution < -0.4 is 0 Å². The monoisotopic (exact) mass is 335 g/mol. The van der Waals surface area contributed by atoms with Gasteiger partial charge in [-0.2, -0.15) is 0 Å². The van der Waals surface area contributed by atoms with E-state index in [-0.39, 0.29) is 31.4 Å². The number of aliphatic hydroxyl groups excluding tert-OH is 1. The van der Waals surface area contributed by atoms with E-state index in [0.29, 0.717) is 19.4 Å². The number of rotatable bonds is 6. The average molecular weight is 335 g/mol. The summed E-state index contributed by atoms with van der Waals surface area (Å²) in [6, 6.07) is -0.186. The summed E-state index contributed by atoms with van der Waals surface area (Å²) in [5.74, 6) is -2.44. The first-order chi connectivity index (χ1) is 10.5. The Labute approximate surface area is 138 Å². The SMILES string of the molecule is CC(CO)CCCN(C(=O)OC(C)(C)C)C1CCC(F)(F)CC1. The molecule has 0 aromatic heterocycles. The number of amides is 1. The maximum atomic E-state index is 13.4.